The molecule has 0 fully saturated rings. The second-order valence-corrected chi connectivity index (χ2v) is 4.97. The van der Waals surface area contributed by atoms with E-state index in [-0.39, 0.29) is 18.1 Å². The molecule has 1 aromatic rings. The van der Waals surface area contributed by atoms with Crippen molar-refractivity contribution in [3.05, 3.63) is 34.9 Å². The van der Waals surface area contributed by atoms with Gasteiger partial charge < -0.3 is 5.32 Å². The van der Waals surface area contributed by atoms with Crippen LogP contribution in [0.2, 0.25) is 0 Å². The first-order valence-corrected chi connectivity index (χ1v) is 6.52. The fraction of sp³-hybridized carbons (Fsp3) is 0.467. The normalized spacial score (nSPS) is 13.8. The van der Waals surface area contributed by atoms with Crippen LogP contribution in [-0.4, -0.2) is 11.7 Å². The highest BCUT2D eigenvalue weighted by atomic mass is 16.2. The van der Waals surface area contributed by atoms with Gasteiger partial charge in [0, 0.05) is 6.54 Å². The Kier molecular flexibility index (Phi) is 4.13. The highest BCUT2D eigenvalue weighted by Crippen LogP contribution is 2.22. The molecule has 3 heteroatoms. The highest BCUT2D eigenvalue weighted by Gasteiger charge is 2.10. The third-order valence-corrected chi connectivity index (χ3v) is 3.31. The number of hydrogen-bond acceptors (Lipinski definition) is 2. The van der Waals surface area contributed by atoms with E-state index in [0.717, 1.165) is 12.0 Å². The van der Waals surface area contributed by atoms with Crippen LogP contribution in [0.5, 0.6) is 0 Å². The van der Waals surface area contributed by atoms with Crippen LogP contribution in [0, 0.1) is 0 Å². The minimum Gasteiger partial charge on any atom is -0.352 e. The predicted molar refractivity (Wildman–Crippen MR) is 70.2 cm³/mol. The van der Waals surface area contributed by atoms with Gasteiger partial charge in [-0.05, 0) is 49.3 Å². The number of hydrogen-bond donors (Lipinski definition) is 1. The summed E-state index contributed by atoms with van der Waals surface area (Å²) in [6.45, 7) is 1.94. The molecule has 1 amide bonds. The van der Waals surface area contributed by atoms with Gasteiger partial charge in [0.25, 0.3) is 0 Å². The molecule has 1 aromatic carbocycles. The van der Waals surface area contributed by atoms with Crippen molar-refractivity contribution in [3.63, 3.8) is 0 Å². The Hall–Kier alpha value is -1.64. The average molecular weight is 245 g/mol. The topological polar surface area (TPSA) is 46.2 Å². The van der Waals surface area contributed by atoms with Crippen molar-refractivity contribution >= 4 is 11.7 Å². The van der Waals surface area contributed by atoms with Crippen molar-refractivity contribution in [1.82, 2.24) is 5.32 Å². The monoisotopic (exact) mass is 245 g/mol. The van der Waals surface area contributed by atoms with Crippen LogP contribution >= 0.6 is 0 Å². The Labute approximate surface area is 108 Å². The number of aryl methyl sites for hydroxylation is 2. The standard InChI is InChI=1S/C15H19NO2/c1-11(17)8-15(18)16-10-12-6-7-13-4-2-3-5-14(13)9-12/h6-7,9H,2-5,8,10H2,1H3,(H,16,18). The van der Waals surface area contributed by atoms with Crippen LogP contribution in [0.1, 0.15) is 42.9 Å². The molecule has 18 heavy (non-hydrogen) atoms. The molecule has 0 bridgehead atoms. The van der Waals surface area contributed by atoms with Gasteiger partial charge in [0.05, 0.1) is 6.42 Å². The van der Waals surface area contributed by atoms with E-state index in [0.29, 0.717) is 6.54 Å². The van der Waals surface area contributed by atoms with E-state index in [4.69, 9.17) is 0 Å². The summed E-state index contributed by atoms with van der Waals surface area (Å²) < 4.78 is 0. The molecule has 0 aliphatic heterocycles. The second-order valence-electron chi connectivity index (χ2n) is 4.97. The Morgan fingerprint density at radius 2 is 1.89 bits per heavy atom. The molecule has 0 saturated heterocycles. The van der Waals surface area contributed by atoms with Gasteiger partial charge in [-0.15, -0.1) is 0 Å². The lowest BCUT2D eigenvalue weighted by molar-refractivity contribution is -0.127. The molecular weight excluding hydrogens is 226 g/mol. The molecule has 0 unspecified atom stereocenters. The number of fused-ring (bicyclic) bond motifs is 1. The molecular formula is C15H19NO2. The van der Waals surface area contributed by atoms with E-state index >= 15 is 0 Å². The molecule has 0 saturated carbocycles. The number of carbonyl (C=O) groups is 2. The number of nitrogens with one attached hydrogen (secondary N) is 1. The molecule has 3 nitrogen and oxygen atoms in total. The number of benzene rings is 1. The minimum absolute atomic E-state index is 0.0229. The van der Waals surface area contributed by atoms with Crippen LogP contribution in [0.25, 0.3) is 0 Å². The van der Waals surface area contributed by atoms with Gasteiger partial charge in [-0.3, -0.25) is 9.59 Å². The van der Waals surface area contributed by atoms with E-state index in [9.17, 15) is 9.59 Å². The molecule has 0 aromatic heterocycles. The maximum Gasteiger partial charge on any atom is 0.227 e. The Bertz CT molecular complexity index is 466. The van der Waals surface area contributed by atoms with E-state index < -0.39 is 0 Å². The molecule has 2 rings (SSSR count). The molecule has 1 aliphatic rings. The summed E-state index contributed by atoms with van der Waals surface area (Å²) in [4.78, 5) is 22.2. The van der Waals surface area contributed by atoms with Gasteiger partial charge in [-0.25, -0.2) is 0 Å². The fourth-order valence-electron chi connectivity index (χ4n) is 2.39. The summed E-state index contributed by atoms with van der Waals surface area (Å²) in [7, 11) is 0. The molecule has 0 radical (unpaired) electrons. The zero-order valence-corrected chi connectivity index (χ0v) is 10.8. The molecule has 0 atom stereocenters. The van der Waals surface area contributed by atoms with Gasteiger partial charge in [0.15, 0.2) is 0 Å². The van der Waals surface area contributed by atoms with Crippen LogP contribution in [0.4, 0.5) is 0 Å². The summed E-state index contributed by atoms with van der Waals surface area (Å²) in [5, 5.41) is 2.78. The predicted octanol–water partition coefficient (Wildman–Crippen LogP) is 2.16. The lowest BCUT2D eigenvalue weighted by Gasteiger charge is -2.16. The van der Waals surface area contributed by atoms with Crippen molar-refractivity contribution in [3.8, 4) is 0 Å². The van der Waals surface area contributed by atoms with Gasteiger partial charge >= 0.3 is 0 Å². The van der Waals surface area contributed by atoms with Crippen molar-refractivity contribution < 1.29 is 9.59 Å². The Morgan fingerprint density at radius 3 is 2.61 bits per heavy atom. The lowest BCUT2D eigenvalue weighted by Crippen LogP contribution is -2.24. The quantitative estimate of drug-likeness (QED) is 0.826. The van der Waals surface area contributed by atoms with Gasteiger partial charge in [-0.2, -0.15) is 0 Å². The highest BCUT2D eigenvalue weighted by molar-refractivity contribution is 5.96. The van der Waals surface area contributed by atoms with Gasteiger partial charge in [0.2, 0.25) is 5.91 Å². The van der Waals surface area contributed by atoms with Gasteiger partial charge in [-0.1, -0.05) is 18.2 Å². The van der Waals surface area contributed by atoms with Crippen molar-refractivity contribution in [2.75, 3.05) is 0 Å². The van der Waals surface area contributed by atoms with Crippen LogP contribution in [0.3, 0.4) is 0 Å². The zero-order chi connectivity index (χ0) is 13.0. The van der Waals surface area contributed by atoms with Gasteiger partial charge in [0.1, 0.15) is 5.78 Å². The van der Waals surface area contributed by atoms with Crippen molar-refractivity contribution in [2.45, 2.75) is 45.6 Å². The fourth-order valence-corrected chi connectivity index (χ4v) is 2.39. The number of ketones is 1. The first-order chi connectivity index (χ1) is 8.65. The SMILES string of the molecule is CC(=O)CC(=O)NCc1ccc2c(c1)CCCC2. The summed E-state index contributed by atoms with van der Waals surface area (Å²) in [6, 6.07) is 6.42. The van der Waals surface area contributed by atoms with E-state index in [1.807, 2.05) is 0 Å². The molecule has 1 N–H and O–H groups in total. The third kappa shape index (κ3) is 3.42. The largest absolute Gasteiger partial charge is 0.352 e. The number of Topliss-reactive ketones (excluding diaryl/α,β-unsaturated/α-hetero) is 1. The molecule has 0 spiro atoms. The maximum atomic E-state index is 11.4. The van der Waals surface area contributed by atoms with Crippen LogP contribution in [-0.2, 0) is 29.0 Å². The van der Waals surface area contributed by atoms with Crippen LogP contribution in [0.15, 0.2) is 18.2 Å². The van der Waals surface area contributed by atoms with E-state index in [1.165, 1.54) is 37.3 Å². The average Bonchev–Trinajstić information content (AvgIpc) is 2.35. The maximum absolute atomic E-state index is 11.4. The first kappa shape index (κ1) is 12.8. The van der Waals surface area contributed by atoms with Crippen LogP contribution < -0.4 is 5.32 Å². The van der Waals surface area contributed by atoms with Crippen molar-refractivity contribution in [2.24, 2.45) is 0 Å². The zero-order valence-electron chi connectivity index (χ0n) is 10.8. The summed E-state index contributed by atoms with van der Waals surface area (Å²) in [6.07, 6.45) is 4.83. The smallest absolute Gasteiger partial charge is 0.227 e. The Morgan fingerprint density at radius 1 is 1.17 bits per heavy atom. The lowest BCUT2D eigenvalue weighted by atomic mass is 9.90. The first-order valence-electron chi connectivity index (χ1n) is 6.52. The molecule has 1 aliphatic carbocycles. The summed E-state index contributed by atoms with van der Waals surface area (Å²) >= 11 is 0. The number of carbonyl (C=O) groups excluding carboxylic acids is 2. The summed E-state index contributed by atoms with van der Waals surface area (Å²) in [5.74, 6) is -0.293. The Balaban J connectivity index is 1.94. The van der Waals surface area contributed by atoms with Crippen molar-refractivity contribution in [1.29, 1.82) is 0 Å². The second kappa shape index (κ2) is 5.80. The number of rotatable bonds is 4. The molecule has 0 heterocycles. The summed E-state index contributed by atoms with van der Waals surface area (Å²) in [5.41, 5.74) is 3.98. The minimum atomic E-state index is -0.194. The molecule has 96 valence electrons. The number of amides is 1. The van der Waals surface area contributed by atoms with E-state index in [1.54, 1.807) is 0 Å². The third-order valence-electron chi connectivity index (χ3n) is 3.31. The van der Waals surface area contributed by atoms with E-state index in [2.05, 4.69) is 23.5 Å².